The number of benzene rings is 2. The van der Waals surface area contributed by atoms with Gasteiger partial charge in [0.25, 0.3) is 5.91 Å². The molecule has 2 aromatic rings. The molecule has 0 spiro atoms. The molecule has 0 aliphatic carbocycles. The minimum absolute atomic E-state index is 0.0896. The van der Waals surface area contributed by atoms with E-state index in [9.17, 15) is 4.79 Å². The number of carbonyl (C=O) groups is 1. The molecule has 1 fully saturated rings. The van der Waals surface area contributed by atoms with Crippen LogP contribution in [0, 0.1) is 0 Å². The number of nitrogens with zero attached hydrogens (tertiary/aromatic N) is 1. The molecule has 0 saturated carbocycles. The summed E-state index contributed by atoms with van der Waals surface area (Å²) >= 11 is 0. The number of morpholine rings is 1. The molecule has 2 heterocycles. The van der Waals surface area contributed by atoms with Crippen molar-refractivity contribution in [3.05, 3.63) is 53.6 Å². The summed E-state index contributed by atoms with van der Waals surface area (Å²) in [6.45, 7) is 7.48. The van der Waals surface area contributed by atoms with Gasteiger partial charge in [-0.3, -0.25) is 4.79 Å². The third-order valence-electron chi connectivity index (χ3n) is 5.29. The zero-order valence-electron chi connectivity index (χ0n) is 15.2. The second-order valence-corrected chi connectivity index (χ2v) is 6.94. The van der Waals surface area contributed by atoms with Crippen LogP contribution in [0.25, 0.3) is 0 Å². The molecule has 2 aromatic carbocycles. The number of fused-ring (bicyclic) bond motifs is 1. The topological polar surface area (TPSA) is 50.8 Å². The Bertz CT molecular complexity index is 797. The van der Waals surface area contributed by atoms with Gasteiger partial charge in [0, 0.05) is 35.9 Å². The van der Waals surface area contributed by atoms with E-state index in [4.69, 9.17) is 9.47 Å². The first-order valence-electron chi connectivity index (χ1n) is 9.17. The summed E-state index contributed by atoms with van der Waals surface area (Å²) in [5.41, 5.74) is 3.63. The first-order chi connectivity index (χ1) is 12.6. The Hall–Kier alpha value is -2.53. The fraction of sp³-hybridized carbons (Fsp3) is 0.381. The van der Waals surface area contributed by atoms with Gasteiger partial charge in [0.15, 0.2) is 0 Å². The Morgan fingerprint density at radius 3 is 2.54 bits per heavy atom. The SMILES string of the molecule is C[C@@H]1Oc2c(C(=O)Nc3ccc(N4CCOCC4)cc3)cccc2[C@H]1C. The van der Waals surface area contributed by atoms with Crippen LogP contribution in [0.4, 0.5) is 11.4 Å². The first kappa shape index (κ1) is 16.9. The van der Waals surface area contributed by atoms with Crippen LogP contribution in [0.2, 0.25) is 0 Å². The summed E-state index contributed by atoms with van der Waals surface area (Å²) in [5, 5.41) is 2.99. The number of hydrogen-bond donors (Lipinski definition) is 1. The summed E-state index contributed by atoms with van der Waals surface area (Å²) < 4.78 is 11.3. The average molecular weight is 352 g/mol. The quantitative estimate of drug-likeness (QED) is 0.916. The molecule has 0 aromatic heterocycles. The molecule has 2 aliphatic heterocycles. The molecule has 5 heteroatoms. The zero-order valence-corrected chi connectivity index (χ0v) is 15.2. The Kier molecular flexibility index (Phi) is 4.55. The Morgan fingerprint density at radius 1 is 1.08 bits per heavy atom. The van der Waals surface area contributed by atoms with Gasteiger partial charge < -0.3 is 19.7 Å². The highest BCUT2D eigenvalue weighted by Gasteiger charge is 2.31. The van der Waals surface area contributed by atoms with Crippen molar-refractivity contribution in [1.82, 2.24) is 0 Å². The fourth-order valence-electron chi connectivity index (χ4n) is 3.54. The Morgan fingerprint density at radius 2 is 1.81 bits per heavy atom. The van der Waals surface area contributed by atoms with Crippen molar-refractivity contribution in [3.63, 3.8) is 0 Å². The molecular weight excluding hydrogens is 328 g/mol. The van der Waals surface area contributed by atoms with E-state index in [0.29, 0.717) is 11.5 Å². The maximum Gasteiger partial charge on any atom is 0.259 e. The number of para-hydroxylation sites is 1. The molecule has 1 saturated heterocycles. The first-order valence-corrected chi connectivity index (χ1v) is 9.17. The van der Waals surface area contributed by atoms with Crippen molar-refractivity contribution in [2.75, 3.05) is 36.5 Å². The van der Waals surface area contributed by atoms with Crippen LogP contribution in [-0.2, 0) is 4.74 Å². The van der Waals surface area contributed by atoms with Gasteiger partial charge in [-0.05, 0) is 37.3 Å². The highest BCUT2D eigenvalue weighted by atomic mass is 16.5. The summed E-state index contributed by atoms with van der Waals surface area (Å²) in [6, 6.07) is 13.7. The molecule has 136 valence electrons. The molecule has 4 rings (SSSR count). The van der Waals surface area contributed by atoms with E-state index in [0.717, 1.165) is 49.0 Å². The lowest BCUT2D eigenvalue weighted by molar-refractivity contribution is 0.102. The van der Waals surface area contributed by atoms with Gasteiger partial charge in [0.2, 0.25) is 0 Å². The lowest BCUT2D eigenvalue weighted by Gasteiger charge is -2.28. The molecule has 1 amide bonds. The Labute approximate surface area is 153 Å². The normalized spacial score (nSPS) is 21.8. The van der Waals surface area contributed by atoms with Crippen molar-refractivity contribution < 1.29 is 14.3 Å². The van der Waals surface area contributed by atoms with Crippen LogP contribution in [0.1, 0.15) is 35.7 Å². The van der Waals surface area contributed by atoms with E-state index in [2.05, 4.69) is 17.1 Å². The second kappa shape index (κ2) is 7.00. The zero-order chi connectivity index (χ0) is 18.1. The Balaban J connectivity index is 1.49. The van der Waals surface area contributed by atoms with Gasteiger partial charge in [-0.2, -0.15) is 0 Å². The highest BCUT2D eigenvalue weighted by molar-refractivity contribution is 6.06. The van der Waals surface area contributed by atoms with Crippen LogP contribution < -0.4 is 15.0 Å². The van der Waals surface area contributed by atoms with Crippen molar-refractivity contribution in [3.8, 4) is 5.75 Å². The van der Waals surface area contributed by atoms with Crippen molar-refractivity contribution in [2.24, 2.45) is 0 Å². The fourth-order valence-corrected chi connectivity index (χ4v) is 3.54. The van der Waals surface area contributed by atoms with Gasteiger partial charge in [-0.1, -0.05) is 19.1 Å². The molecular formula is C21H24N2O3. The van der Waals surface area contributed by atoms with Crippen LogP contribution >= 0.6 is 0 Å². The van der Waals surface area contributed by atoms with E-state index in [1.807, 2.05) is 49.4 Å². The number of carbonyl (C=O) groups excluding carboxylic acids is 1. The number of anilines is 2. The van der Waals surface area contributed by atoms with Crippen LogP contribution in [-0.4, -0.2) is 38.3 Å². The molecule has 1 N–H and O–H groups in total. The third kappa shape index (κ3) is 3.15. The largest absolute Gasteiger partial charge is 0.489 e. The number of hydrogen-bond acceptors (Lipinski definition) is 4. The van der Waals surface area contributed by atoms with E-state index in [1.54, 1.807) is 0 Å². The minimum atomic E-state index is -0.137. The van der Waals surface area contributed by atoms with Crippen LogP contribution in [0.5, 0.6) is 5.75 Å². The van der Waals surface area contributed by atoms with E-state index in [-0.39, 0.29) is 12.0 Å². The number of amides is 1. The van der Waals surface area contributed by atoms with Gasteiger partial charge in [-0.25, -0.2) is 0 Å². The second-order valence-electron chi connectivity index (χ2n) is 6.94. The third-order valence-corrected chi connectivity index (χ3v) is 5.29. The number of nitrogens with one attached hydrogen (secondary N) is 1. The van der Waals surface area contributed by atoms with Crippen molar-refractivity contribution in [1.29, 1.82) is 0 Å². The number of ether oxygens (including phenoxy) is 2. The van der Waals surface area contributed by atoms with E-state index < -0.39 is 0 Å². The average Bonchev–Trinajstić information content (AvgIpc) is 2.97. The van der Waals surface area contributed by atoms with Crippen LogP contribution in [0.3, 0.4) is 0 Å². The lowest BCUT2D eigenvalue weighted by atomic mass is 9.97. The van der Waals surface area contributed by atoms with Gasteiger partial charge in [0.05, 0.1) is 18.8 Å². The summed E-state index contributed by atoms with van der Waals surface area (Å²) in [6.07, 6.45) is 0.0896. The highest BCUT2D eigenvalue weighted by Crippen LogP contribution is 2.40. The smallest absolute Gasteiger partial charge is 0.259 e. The molecule has 0 unspecified atom stereocenters. The summed E-state index contributed by atoms with van der Waals surface area (Å²) in [7, 11) is 0. The molecule has 2 atom stereocenters. The monoisotopic (exact) mass is 352 g/mol. The summed E-state index contributed by atoms with van der Waals surface area (Å²) in [5.74, 6) is 0.878. The molecule has 0 radical (unpaired) electrons. The van der Waals surface area contributed by atoms with Gasteiger partial charge >= 0.3 is 0 Å². The predicted molar refractivity (Wildman–Crippen MR) is 102 cm³/mol. The van der Waals surface area contributed by atoms with Gasteiger partial charge in [-0.15, -0.1) is 0 Å². The van der Waals surface area contributed by atoms with E-state index in [1.165, 1.54) is 0 Å². The molecule has 0 bridgehead atoms. The van der Waals surface area contributed by atoms with Crippen molar-refractivity contribution >= 4 is 17.3 Å². The summed E-state index contributed by atoms with van der Waals surface area (Å²) in [4.78, 5) is 15.0. The maximum absolute atomic E-state index is 12.8. The maximum atomic E-state index is 12.8. The standard InChI is InChI=1S/C21H24N2O3/c1-14-15(2)26-20-18(14)4-3-5-19(20)21(24)22-16-6-8-17(9-7-16)23-10-12-25-13-11-23/h3-9,14-15H,10-13H2,1-2H3,(H,22,24)/t14-,15-/m0/s1. The minimum Gasteiger partial charge on any atom is -0.489 e. The van der Waals surface area contributed by atoms with Gasteiger partial charge in [0.1, 0.15) is 11.9 Å². The number of rotatable bonds is 3. The molecule has 2 aliphatic rings. The van der Waals surface area contributed by atoms with E-state index >= 15 is 0 Å². The lowest BCUT2D eigenvalue weighted by Crippen LogP contribution is -2.36. The molecule has 26 heavy (non-hydrogen) atoms. The van der Waals surface area contributed by atoms with Crippen LogP contribution in [0.15, 0.2) is 42.5 Å². The predicted octanol–water partition coefficient (Wildman–Crippen LogP) is 3.66. The molecule has 5 nitrogen and oxygen atoms in total. The van der Waals surface area contributed by atoms with Crippen molar-refractivity contribution in [2.45, 2.75) is 25.9 Å².